The molecule has 1 fully saturated rings. The molecule has 6 heteroatoms. The summed E-state index contributed by atoms with van der Waals surface area (Å²) >= 11 is 1.57. The zero-order valence-electron chi connectivity index (χ0n) is 13.0. The Kier molecular flexibility index (Phi) is 4.35. The van der Waals surface area contributed by atoms with Gasteiger partial charge in [0.15, 0.2) is 0 Å². The number of carbonyl (C=O) groups excluding carboxylic acids is 1. The molecule has 0 aliphatic carbocycles. The summed E-state index contributed by atoms with van der Waals surface area (Å²) in [5.41, 5.74) is 2.27. The van der Waals surface area contributed by atoms with Crippen LogP contribution in [0.25, 0.3) is 10.9 Å². The summed E-state index contributed by atoms with van der Waals surface area (Å²) in [4.78, 5) is 26.9. The van der Waals surface area contributed by atoms with Gasteiger partial charge in [-0.1, -0.05) is 18.2 Å². The third kappa shape index (κ3) is 3.08. The second kappa shape index (κ2) is 6.28. The summed E-state index contributed by atoms with van der Waals surface area (Å²) < 4.78 is 0. The van der Waals surface area contributed by atoms with Crippen molar-refractivity contribution in [2.45, 2.75) is 31.7 Å². The van der Waals surface area contributed by atoms with Crippen LogP contribution in [0.3, 0.4) is 0 Å². The Bertz CT molecular complexity index is 747. The Morgan fingerprint density at radius 1 is 1.43 bits per heavy atom. The van der Waals surface area contributed by atoms with Crippen LogP contribution >= 0.6 is 11.8 Å². The molecule has 1 aliphatic heterocycles. The number of carboxylic acid groups (broad SMARTS) is 1. The SMILES string of the molecule is Cc1cccc2c(CCC(=O)NC3(C(=O)O)CCSC3)c[nH]c12. The van der Waals surface area contributed by atoms with Crippen molar-refractivity contribution < 1.29 is 14.7 Å². The van der Waals surface area contributed by atoms with Gasteiger partial charge in [-0.2, -0.15) is 11.8 Å². The van der Waals surface area contributed by atoms with Crippen molar-refractivity contribution in [2.24, 2.45) is 0 Å². The number of aromatic amines is 1. The Hall–Kier alpha value is -1.95. The number of H-pyrrole nitrogens is 1. The molecule has 1 atom stereocenters. The first kappa shape index (κ1) is 15.9. The van der Waals surface area contributed by atoms with Crippen LogP contribution < -0.4 is 5.32 Å². The molecule has 3 N–H and O–H groups in total. The zero-order chi connectivity index (χ0) is 16.4. The summed E-state index contributed by atoms with van der Waals surface area (Å²) in [6.07, 6.45) is 3.31. The van der Waals surface area contributed by atoms with E-state index in [1.54, 1.807) is 11.8 Å². The molecule has 0 spiro atoms. The Labute approximate surface area is 138 Å². The van der Waals surface area contributed by atoms with Crippen LogP contribution in [-0.4, -0.2) is 39.0 Å². The van der Waals surface area contributed by atoms with Gasteiger partial charge < -0.3 is 15.4 Å². The van der Waals surface area contributed by atoms with Crippen molar-refractivity contribution in [1.82, 2.24) is 10.3 Å². The number of rotatable bonds is 5. The van der Waals surface area contributed by atoms with E-state index in [0.717, 1.165) is 22.2 Å². The van der Waals surface area contributed by atoms with E-state index in [1.165, 1.54) is 5.56 Å². The minimum atomic E-state index is -1.08. The zero-order valence-corrected chi connectivity index (χ0v) is 13.8. The van der Waals surface area contributed by atoms with E-state index in [4.69, 9.17) is 0 Å². The van der Waals surface area contributed by atoms with Crippen LogP contribution in [0, 0.1) is 6.92 Å². The number of aryl methyl sites for hydroxylation is 2. The topological polar surface area (TPSA) is 82.2 Å². The van der Waals surface area contributed by atoms with Crippen LogP contribution in [0.2, 0.25) is 0 Å². The minimum Gasteiger partial charge on any atom is -0.479 e. The second-order valence-electron chi connectivity index (χ2n) is 6.05. The van der Waals surface area contributed by atoms with E-state index >= 15 is 0 Å². The van der Waals surface area contributed by atoms with Gasteiger partial charge in [0.05, 0.1) is 0 Å². The van der Waals surface area contributed by atoms with Crippen molar-refractivity contribution in [1.29, 1.82) is 0 Å². The van der Waals surface area contributed by atoms with Crippen LogP contribution in [0.4, 0.5) is 0 Å². The average Bonchev–Trinajstić information content (AvgIpc) is 3.14. The summed E-state index contributed by atoms with van der Waals surface area (Å²) in [6.45, 7) is 2.05. The van der Waals surface area contributed by atoms with Gasteiger partial charge in [0.2, 0.25) is 5.91 Å². The molecule has 0 saturated carbocycles. The maximum Gasteiger partial charge on any atom is 0.330 e. The van der Waals surface area contributed by atoms with Gasteiger partial charge >= 0.3 is 5.97 Å². The fourth-order valence-corrected chi connectivity index (χ4v) is 4.36. The predicted molar refractivity (Wildman–Crippen MR) is 91.8 cm³/mol. The summed E-state index contributed by atoms with van der Waals surface area (Å²) in [5.74, 6) is 0.0877. The molecule has 0 radical (unpaired) electrons. The minimum absolute atomic E-state index is 0.197. The van der Waals surface area contributed by atoms with E-state index in [-0.39, 0.29) is 5.91 Å². The van der Waals surface area contributed by atoms with Crippen molar-refractivity contribution in [3.63, 3.8) is 0 Å². The van der Waals surface area contributed by atoms with E-state index in [2.05, 4.69) is 10.3 Å². The van der Waals surface area contributed by atoms with Crippen LogP contribution in [-0.2, 0) is 16.0 Å². The number of hydrogen-bond acceptors (Lipinski definition) is 3. The number of para-hydroxylation sites is 1. The van der Waals surface area contributed by atoms with E-state index in [0.29, 0.717) is 25.0 Å². The molecule has 1 unspecified atom stereocenters. The van der Waals surface area contributed by atoms with Gasteiger partial charge in [0, 0.05) is 29.3 Å². The molecular weight excluding hydrogens is 312 g/mol. The van der Waals surface area contributed by atoms with E-state index in [1.807, 2.05) is 31.3 Å². The molecule has 122 valence electrons. The lowest BCUT2D eigenvalue weighted by molar-refractivity contribution is -0.146. The first-order valence-corrected chi connectivity index (χ1v) is 8.85. The second-order valence-corrected chi connectivity index (χ2v) is 7.15. The molecule has 1 aliphatic rings. The average molecular weight is 332 g/mol. The number of carboxylic acids is 1. The highest BCUT2D eigenvalue weighted by atomic mass is 32.2. The standard InChI is InChI=1S/C17H20N2O3S/c1-11-3-2-4-13-12(9-18-15(11)13)5-6-14(20)19-17(16(21)22)7-8-23-10-17/h2-4,9,18H,5-8,10H2,1H3,(H,19,20)(H,21,22). The number of nitrogens with one attached hydrogen (secondary N) is 2. The highest BCUT2D eigenvalue weighted by Crippen LogP contribution is 2.28. The number of benzene rings is 1. The molecule has 1 aromatic carbocycles. The molecular formula is C17H20N2O3S. The van der Waals surface area contributed by atoms with Crippen molar-refractivity contribution in [2.75, 3.05) is 11.5 Å². The molecule has 2 aromatic rings. The van der Waals surface area contributed by atoms with E-state index < -0.39 is 11.5 Å². The number of carbonyl (C=O) groups is 2. The van der Waals surface area contributed by atoms with Gasteiger partial charge in [-0.15, -0.1) is 0 Å². The molecule has 1 aromatic heterocycles. The normalized spacial score (nSPS) is 20.7. The van der Waals surface area contributed by atoms with E-state index in [9.17, 15) is 14.7 Å². The lowest BCUT2D eigenvalue weighted by atomic mass is 9.98. The molecule has 3 rings (SSSR count). The number of thioether (sulfide) groups is 1. The predicted octanol–water partition coefficient (Wildman–Crippen LogP) is 2.49. The maximum atomic E-state index is 12.2. The third-order valence-corrected chi connectivity index (χ3v) is 5.63. The van der Waals surface area contributed by atoms with Crippen molar-refractivity contribution in [3.8, 4) is 0 Å². The fourth-order valence-electron chi connectivity index (χ4n) is 3.03. The third-order valence-electron chi connectivity index (χ3n) is 4.44. The largest absolute Gasteiger partial charge is 0.479 e. The Balaban J connectivity index is 1.66. The Morgan fingerprint density at radius 3 is 2.96 bits per heavy atom. The number of aliphatic carboxylic acids is 1. The monoisotopic (exact) mass is 332 g/mol. The van der Waals surface area contributed by atoms with Gasteiger partial charge in [-0.05, 0) is 36.6 Å². The first-order chi connectivity index (χ1) is 11.0. The van der Waals surface area contributed by atoms with Crippen LogP contribution in [0.5, 0.6) is 0 Å². The fraction of sp³-hybridized carbons (Fsp3) is 0.412. The number of amides is 1. The molecule has 1 saturated heterocycles. The molecule has 0 bridgehead atoms. The number of aromatic nitrogens is 1. The summed E-state index contributed by atoms with van der Waals surface area (Å²) in [6, 6.07) is 6.09. The van der Waals surface area contributed by atoms with Crippen molar-refractivity contribution >= 4 is 34.5 Å². The lowest BCUT2D eigenvalue weighted by Crippen LogP contribution is -2.54. The van der Waals surface area contributed by atoms with Crippen LogP contribution in [0.15, 0.2) is 24.4 Å². The summed E-state index contributed by atoms with van der Waals surface area (Å²) in [7, 11) is 0. The summed E-state index contributed by atoms with van der Waals surface area (Å²) in [5, 5.41) is 13.3. The first-order valence-electron chi connectivity index (χ1n) is 7.69. The van der Waals surface area contributed by atoms with Crippen LogP contribution in [0.1, 0.15) is 24.0 Å². The maximum absolute atomic E-state index is 12.2. The smallest absolute Gasteiger partial charge is 0.330 e. The quantitative estimate of drug-likeness (QED) is 0.785. The lowest BCUT2D eigenvalue weighted by Gasteiger charge is -2.24. The molecule has 23 heavy (non-hydrogen) atoms. The van der Waals surface area contributed by atoms with Gasteiger partial charge in [0.1, 0.15) is 5.54 Å². The molecule has 1 amide bonds. The highest BCUT2D eigenvalue weighted by molar-refractivity contribution is 7.99. The van der Waals surface area contributed by atoms with Crippen molar-refractivity contribution in [3.05, 3.63) is 35.5 Å². The number of hydrogen-bond donors (Lipinski definition) is 3. The van der Waals surface area contributed by atoms with Gasteiger partial charge in [0.25, 0.3) is 0 Å². The Morgan fingerprint density at radius 2 is 2.26 bits per heavy atom. The number of fused-ring (bicyclic) bond motifs is 1. The molecule has 5 nitrogen and oxygen atoms in total. The van der Waals surface area contributed by atoms with Gasteiger partial charge in [-0.25, -0.2) is 4.79 Å². The molecule has 2 heterocycles. The van der Waals surface area contributed by atoms with Gasteiger partial charge in [-0.3, -0.25) is 4.79 Å². The highest BCUT2D eigenvalue weighted by Gasteiger charge is 2.43.